The number of benzene rings is 2. The van der Waals surface area contributed by atoms with Crippen molar-refractivity contribution in [1.29, 1.82) is 0 Å². The van der Waals surface area contributed by atoms with Gasteiger partial charge in [-0.25, -0.2) is 0 Å². The maximum Gasteiger partial charge on any atom is 0.242 e. The zero-order chi connectivity index (χ0) is 22.4. The van der Waals surface area contributed by atoms with E-state index in [9.17, 15) is 9.59 Å². The molecule has 1 aliphatic carbocycles. The van der Waals surface area contributed by atoms with Crippen LogP contribution in [-0.4, -0.2) is 35.9 Å². The lowest BCUT2D eigenvalue weighted by Gasteiger charge is -2.30. The Bertz CT molecular complexity index is 912. The van der Waals surface area contributed by atoms with Gasteiger partial charge < -0.3 is 15.0 Å². The van der Waals surface area contributed by atoms with Crippen LogP contribution in [0.4, 0.5) is 0 Å². The molecule has 5 nitrogen and oxygen atoms in total. The second-order valence-electron chi connectivity index (χ2n) is 7.95. The van der Waals surface area contributed by atoms with Crippen LogP contribution in [0.25, 0.3) is 0 Å². The van der Waals surface area contributed by atoms with Gasteiger partial charge >= 0.3 is 0 Å². The predicted octanol–water partition coefficient (Wildman–Crippen LogP) is 5.02. The van der Waals surface area contributed by atoms with Crippen LogP contribution in [0.5, 0.6) is 5.75 Å². The average molecular weight is 463 g/mol. The number of ether oxygens (including phenoxy) is 1. The summed E-state index contributed by atoms with van der Waals surface area (Å²) in [6.45, 7) is 2.09. The Kier molecular flexibility index (Phi) is 8.22. The van der Waals surface area contributed by atoms with Crippen LogP contribution in [0.3, 0.4) is 0 Å². The Labute approximate surface area is 193 Å². The SMILES string of the molecule is COc1ccc(CN(C(=O)Cc2ccc(Cl)cc2Cl)[C@H](C)C(=O)NC2CCCC2)cc1. The summed E-state index contributed by atoms with van der Waals surface area (Å²) in [6.07, 6.45) is 4.33. The molecule has 3 rings (SSSR count). The lowest BCUT2D eigenvalue weighted by atomic mass is 10.1. The molecule has 2 amide bonds. The average Bonchev–Trinajstić information content (AvgIpc) is 3.27. The van der Waals surface area contributed by atoms with Crippen LogP contribution in [0, 0.1) is 0 Å². The van der Waals surface area contributed by atoms with Gasteiger partial charge in [0.15, 0.2) is 0 Å². The number of carbonyl (C=O) groups is 2. The summed E-state index contributed by atoms with van der Waals surface area (Å²) in [7, 11) is 1.61. The first-order chi connectivity index (χ1) is 14.9. The van der Waals surface area contributed by atoms with E-state index in [1.54, 1.807) is 37.1 Å². The molecule has 0 unspecified atom stereocenters. The molecule has 0 radical (unpaired) electrons. The second-order valence-corrected chi connectivity index (χ2v) is 8.79. The largest absolute Gasteiger partial charge is 0.497 e. The Morgan fingerprint density at radius 2 is 1.81 bits per heavy atom. The van der Waals surface area contributed by atoms with Gasteiger partial charge in [-0.2, -0.15) is 0 Å². The van der Waals surface area contributed by atoms with Crippen LogP contribution in [0.1, 0.15) is 43.7 Å². The molecular weight excluding hydrogens is 435 g/mol. The van der Waals surface area contributed by atoms with Gasteiger partial charge in [0, 0.05) is 22.6 Å². The van der Waals surface area contributed by atoms with Crippen molar-refractivity contribution in [2.75, 3.05) is 7.11 Å². The number of carbonyl (C=O) groups excluding carboxylic acids is 2. The Hall–Kier alpha value is -2.24. The van der Waals surface area contributed by atoms with Crippen molar-refractivity contribution < 1.29 is 14.3 Å². The Balaban J connectivity index is 1.78. The normalized spacial score (nSPS) is 14.8. The van der Waals surface area contributed by atoms with E-state index in [1.165, 1.54) is 0 Å². The van der Waals surface area contributed by atoms with Crippen molar-refractivity contribution in [2.45, 2.75) is 57.7 Å². The molecule has 31 heavy (non-hydrogen) atoms. The molecule has 1 aliphatic rings. The summed E-state index contributed by atoms with van der Waals surface area (Å²) in [6, 6.07) is 12.1. The third kappa shape index (κ3) is 6.37. The summed E-state index contributed by atoms with van der Waals surface area (Å²) in [5.41, 5.74) is 1.59. The molecular formula is C24H28Cl2N2O3. The minimum atomic E-state index is -0.610. The van der Waals surface area contributed by atoms with Crippen LogP contribution in [0.2, 0.25) is 10.0 Å². The van der Waals surface area contributed by atoms with E-state index in [0.29, 0.717) is 22.2 Å². The molecule has 166 valence electrons. The smallest absolute Gasteiger partial charge is 0.242 e. The molecule has 0 bridgehead atoms. The van der Waals surface area contributed by atoms with Gasteiger partial charge in [-0.3, -0.25) is 9.59 Å². The fraction of sp³-hybridized carbons (Fsp3) is 0.417. The fourth-order valence-electron chi connectivity index (χ4n) is 3.83. The second kappa shape index (κ2) is 10.9. The van der Waals surface area contributed by atoms with Gasteiger partial charge in [0.25, 0.3) is 0 Å². The van der Waals surface area contributed by atoms with Crippen molar-refractivity contribution in [3.8, 4) is 5.75 Å². The number of methoxy groups -OCH3 is 1. The van der Waals surface area contributed by atoms with Gasteiger partial charge in [0.2, 0.25) is 11.8 Å². The van der Waals surface area contributed by atoms with Crippen LogP contribution in [-0.2, 0) is 22.6 Å². The minimum Gasteiger partial charge on any atom is -0.497 e. The summed E-state index contributed by atoms with van der Waals surface area (Å²) >= 11 is 12.3. The first kappa shape index (κ1) is 23.4. The molecule has 1 fully saturated rings. The molecule has 0 spiro atoms. The monoisotopic (exact) mass is 462 g/mol. The molecule has 7 heteroatoms. The summed E-state index contributed by atoms with van der Waals surface area (Å²) in [4.78, 5) is 27.8. The fourth-order valence-corrected chi connectivity index (χ4v) is 4.31. The third-order valence-corrected chi connectivity index (χ3v) is 6.32. The summed E-state index contributed by atoms with van der Waals surface area (Å²) in [5.74, 6) is 0.437. The van der Waals surface area contributed by atoms with E-state index in [-0.39, 0.29) is 24.3 Å². The minimum absolute atomic E-state index is 0.0905. The highest BCUT2D eigenvalue weighted by Gasteiger charge is 2.28. The van der Waals surface area contributed by atoms with E-state index in [1.807, 2.05) is 24.3 Å². The maximum atomic E-state index is 13.3. The lowest BCUT2D eigenvalue weighted by Crippen LogP contribution is -2.50. The molecule has 0 heterocycles. The molecule has 0 saturated heterocycles. The highest BCUT2D eigenvalue weighted by Crippen LogP contribution is 2.23. The standard InChI is InChI=1S/C24H28Cl2N2O3/c1-16(24(30)27-20-5-3-4-6-20)28(15-17-7-11-21(31-2)12-8-17)23(29)13-18-9-10-19(25)14-22(18)26/h7-12,14,16,20H,3-6,13,15H2,1-2H3,(H,27,30)/t16-/m1/s1. The zero-order valence-corrected chi connectivity index (χ0v) is 19.4. The summed E-state index contributed by atoms with van der Waals surface area (Å²) < 4.78 is 5.21. The van der Waals surface area contributed by atoms with Crippen LogP contribution in [0.15, 0.2) is 42.5 Å². The topological polar surface area (TPSA) is 58.6 Å². The number of hydrogen-bond acceptors (Lipinski definition) is 3. The number of rotatable bonds is 8. The molecule has 2 aromatic carbocycles. The van der Waals surface area contributed by atoms with Gasteiger partial charge in [0.05, 0.1) is 13.5 Å². The van der Waals surface area contributed by atoms with E-state index >= 15 is 0 Å². The molecule has 1 saturated carbocycles. The van der Waals surface area contributed by atoms with Crippen molar-refractivity contribution in [2.24, 2.45) is 0 Å². The van der Waals surface area contributed by atoms with Crippen molar-refractivity contribution in [1.82, 2.24) is 10.2 Å². The van der Waals surface area contributed by atoms with Gasteiger partial charge in [-0.15, -0.1) is 0 Å². The quantitative estimate of drug-likeness (QED) is 0.598. The van der Waals surface area contributed by atoms with Gasteiger partial charge in [-0.1, -0.05) is 54.2 Å². The van der Waals surface area contributed by atoms with Crippen molar-refractivity contribution >= 4 is 35.0 Å². The van der Waals surface area contributed by atoms with Crippen LogP contribution >= 0.6 is 23.2 Å². The lowest BCUT2D eigenvalue weighted by molar-refractivity contribution is -0.140. The number of nitrogens with zero attached hydrogens (tertiary/aromatic N) is 1. The summed E-state index contributed by atoms with van der Waals surface area (Å²) in [5, 5.41) is 4.06. The first-order valence-corrected chi connectivity index (χ1v) is 11.3. The number of halogens is 2. The predicted molar refractivity (Wildman–Crippen MR) is 124 cm³/mol. The highest BCUT2D eigenvalue weighted by molar-refractivity contribution is 6.35. The van der Waals surface area contributed by atoms with Crippen molar-refractivity contribution in [3.05, 3.63) is 63.6 Å². The first-order valence-electron chi connectivity index (χ1n) is 10.5. The number of hydrogen-bond donors (Lipinski definition) is 1. The van der Waals surface area contributed by atoms with Crippen molar-refractivity contribution in [3.63, 3.8) is 0 Å². The molecule has 2 aromatic rings. The molecule has 0 aromatic heterocycles. The Morgan fingerprint density at radius 1 is 1.13 bits per heavy atom. The molecule has 0 aliphatic heterocycles. The van der Waals surface area contributed by atoms with E-state index in [2.05, 4.69) is 5.32 Å². The van der Waals surface area contributed by atoms with E-state index in [0.717, 1.165) is 37.0 Å². The third-order valence-electron chi connectivity index (χ3n) is 5.74. The van der Waals surface area contributed by atoms with Crippen LogP contribution < -0.4 is 10.1 Å². The molecule has 1 N–H and O–H groups in total. The van der Waals surface area contributed by atoms with E-state index in [4.69, 9.17) is 27.9 Å². The highest BCUT2D eigenvalue weighted by atomic mass is 35.5. The molecule has 1 atom stereocenters. The van der Waals surface area contributed by atoms with Gasteiger partial charge in [-0.05, 0) is 55.2 Å². The number of nitrogens with one attached hydrogen (secondary N) is 1. The number of amides is 2. The van der Waals surface area contributed by atoms with E-state index < -0.39 is 6.04 Å². The van der Waals surface area contributed by atoms with Gasteiger partial charge in [0.1, 0.15) is 11.8 Å². The Morgan fingerprint density at radius 3 is 2.42 bits per heavy atom. The maximum absolute atomic E-state index is 13.3. The zero-order valence-electron chi connectivity index (χ0n) is 17.9.